The van der Waals surface area contributed by atoms with E-state index in [4.69, 9.17) is 14.4 Å². The summed E-state index contributed by atoms with van der Waals surface area (Å²) in [5, 5.41) is 4.59. The molecule has 0 bridgehead atoms. The summed E-state index contributed by atoms with van der Waals surface area (Å²) < 4.78 is 6.05. The number of nitrogens with zero attached hydrogens (tertiary/aromatic N) is 3. The van der Waals surface area contributed by atoms with Crippen molar-refractivity contribution in [2.45, 2.75) is 0 Å². The molecule has 4 nitrogen and oxygen atoms in total. The van der Waals surface area contributed by atoms with Crippen molar-refractivity contribution in [3.8, 4) is 56.2 Å². The van der Waals surface area contributed by atoms with Crippen LogP contribution in [0.5, 0.6) is 0 Å². The zero-order valence-corrected chi connectivity index (χ0v) is 25.3. The van der Waals surface area contributed by atoms with Crippen LogP contribution in [0.1, 0.15) is 0 Å². The Labute approximate surface area is 271 Å². The molecule has 0 saturated carbocycles. The van der Waals surface area contributed by atoms with Gasteiger partial charge in [-0.1, -0.05) is 121 Å². The van der Waals surface area contributed by atoms with Crippen molar-refractivity contribution >= 4 is 32.7 Å². The van der Waals surface area contributed by atoms with Gasteiger partial charge in [0, 0.05) is 39.9 Å². The standard InChI is InChI=1S/C43H27N3O/c1-2-10-35-30(7-1)8-5-12-36(35)40-26-39(45-43(46-40)32-20-16-29(17-21-32)34-9-6-24-44-27-34)31-18-14-28(15-19-31)33-22-23-42-38(25-33)37-11-3-4-13-41(37)47-42/h1-27H. The number of rotatable bonds is 5. The van der Waals surface area contributed by atoms with Gasteiger partial charge < -0.3 is 4.42 Å². The third-order valence-corrected chi connectivity index (χ3v) is 8.82. The average molecular weight is 602 g/mol. The first kappa shape index (κ1) is 27.0. The minimum Gasteiger partial charge on any atom is -0.456 e. The highest BCUT2D eigenvalue weighted by molar-refractivity contribution is 6.06. The van der Waals surface area contributed by atoms with E-state index < -0.39 is 0 Å². The highest BCUT2D eigenvalue weighted by atomic mass is 16.3. The van der Waals surface area contributed by atoms with E-state index in [-0.39, 0.29) is 0 Å². The fourth-order valence-corrected chi connectivity index (χ4v) is 6.40. The Bertz CT molecular complexity index is 2550. The summed E-state index contributed by atoms with van der Waals surface area (Å²) in [7, 11) is 0. The minimum atomic E-state index is 0.685. The van der Waals surface area contributed by atoms with Crippen LogP contribution in [0.15, 0.2) is 168 Å². The van der Waals surface area contributed by atoms with Crippen LogP contribution in [-0.2, 0) is 0 Å². The number of hydrogen-bond acceptors (Lipinski definition) is 4. The lowest BCUT2D eigenvalue weighted by Crippen LogP contribution is -1.96. The largest absolute Gasteiger partial charge is 0.456 e. The molecule has 6 aromatic carbocycles. The predicted molar refractivity (Wildman–Crippen MR) is 192 cm³/mol. The van der Waals surface area contributed by atoms with Crippen LogP contribution in [0.2, 0.25) is 0 Å². The van der Waals surface area contributed by atoms with Crippen LogP contribution < -0.4 is 0 Å². The Morgan fingerprint density at radius 3 is 1.89 bits per heavy atom. The minimum absolute atomic E-state index is 0.685. The second-order valence-corrected chi connectivity index (χ2v) is 11.7. The Hall–Kier alpha value is -6.39. The van der Waals surface area contributed by atoms with Gasteiger partial charge in [-0.3, -0.25) is 4.98 Å². The van der Waals surface area contributed by atoms with E-state index in [0.29, 0.717) is 5.82 Å². The molecule has 3 heterocycles. The van der Waals surface area contributed by atoms with Crippen molar-refractivity contribution in [1.29, 1.82) is 0 Å². The number of fused-ring (bicyclic) bond motifs is 4. The highest BCUT2D eigenvalue weighted by Crippen LogP contribution is 2.35. The summed E-state index contributed by atoms with van der Waals surface area (Å²) in [4.78, 5) is 14.5. The van der Waals surface area contributed by atoms with Crippen LogP contribution in [0.3, 0.4) is 0 Å². The van der Waals surface area contributed by atoms with Crippen molar-refractivity contribution in [2.75, 3.05) is 0 Å². The first-order valence-electron chi connectivity index (χ1n) is 15.7. The van der Waals surface area contributed by atoms with Crippen molar-refractivity contribution in [3.63, 3.8) is 0 Å². The molecule has 0 spiro atoms. The summed E-state index contributed by atoms with van der Waals surface area (Å²) in [6.45, 7) is 0. The van der Waals surface area contributed by atoms with E-state index in [2.05, 4.69) is 138 Å². The number of furan rings is 1. The van der Waals surface area contributed by atoms with Crippen molar-refractivity contribution < 1.29 is 4.42 Å². The maximum atomic E-state index is 6.05. The van der Waals surface area contributed by atoms with Crippen LogP contribution >= 0.6 is 0 Å². The lowest BCUT2D eigenvalue weighted by Gasteiger charge is -2.12. The van der Waals surface area contributed by atoms with Crippen molar-refractivity contribution in [3.05, 3.63) is 164 Å². The molecule has 0 aliphatic heterocycles. The molecule has 0 aliphatic rings. The predicted octanol–water partition coefficient (Wildman–Crippen LogP) is 11.3. The van der Waals surface area contributed by atoms with Gasteiger partial charge >= 0.3 is 0 Å². The average Bonchev–Trinajstić information content (AvgIpc) is 3.53. The molecule has 47 heavy (non-hydrogen) atoms. The van der Waals surface area contributed by atoms with E-state index in [1.807, 2.05) is 24.4 Å². The maximum absolute atomic E-state index is 6.05. The summed E-state index contributed by atoms with van der Waals surface area (Å²) in [6, 6.07) is 52.6. The SMILES string of the molecule is c1cncc(-c2ccc(-c3nc(-c4ccc(-c5ccc6oc7ccccc7c6c5)cc4)cc(-c4cccc5ccccc45)n3)cc2)c1. The zero-order valence-electron chi connectivity index (χ0n) is 25.3. The van der Waals surface area contributed by atoms with Crippen molar-refractivity contribution in [1.82, 2.24) is 15.0 Å². The lowest BCUT2D eigenvalue weighted by molar-refractivity contribution is 0.669. The Balaban J connectivity index is 1.14. The molecule has 0 amide bonds. The smallest absolute Gasteiger partial charge is 0.160 e. The quantitative estimate of drug-likeness (QED) is 0.197. The zero-order chi connectivity index (χ0) is 31.2. The molecule has 0 radical (unpaired) electrons. The van der Waals surface area contributed by atoms with Gasteiger partial charge in [0.15, 0.2) is 5.82 Å². The van der Waals surface area contributed by atoms with E-state index in [1.165, 1.54) is 5.39 Å². The maximum Gasteiger partial charge on any atom is 0.160 e. The second kappa shape index (κ2) is 11.2. The highest BCUT2D eigenvalue weighted by Gasteiger charge is 2.14. The summed E-state index contributed by atoms with van der Waals surface area (Å²) >= 11 is 0. The van der Waals surface area contributed by atoms with Gasteiger partial charge in [0.1, 0.15) is 11.2 Å². The van der Waals surface area contributed by atoms with Gasteiger partial charge in [0.2, 0.25) is 0 Å². The Morgan fingerprint density at radius 2 is 1.06 bits per heavy atom. The van der Waals surface area contributed by atoms with Crippen LogP contribution in [-0.4, -0.2) is 15.0 Å². The molecule has 220 valence electrons. The second-order valence-electron chi connectivity index (χ2n) is 11.7. The van der Waals surface area contributed by atoms with Gasteiger partial charge in [-0.25, -0.2) is 9.97 Å². The molecular weight excluding hydrogens is 574 g/mol. The lowest BCUT2D eigenvalue weighted by atomic mass is 9.98. The number of benzene rings is 6. The van der Waals surface area contributed by atoms with Gasteiger partial charge in [0.05, 0.1) is 11.4 Å². The van der Waals surface area contributed by atoms with Gasteiger partial charge in [-0.05, 0) is 63.4 Å². The molecule has 0 saturated heterocycles. The molecule has 3 aromatic heterocycles. The first-order chi connectivity index (χ1) is 23.3. The number of para-hydroxylation sites is 1. The fourth-order valence-electron chi connectivity index (χ4n) is 6.40. The molecule has 9 rings (SSSR count). The van der Waals surface area contributed by atoms with E-state index in [0.717, 1.165) is 77.7 Å². The van der Waals surface area contributed by atoms with Crippen LogP contribution in [0.4, 0.5) is 0 Å². The third kappa shape index (κ3) is 4.93. The van der Waals surface area contributed by atoms with Crippen molar-refractivity contribution in [2.24, 2.45) is 0 Å². The normalized spacial score (nSPS) is 11.4. The summed E-state index contributed by atoms with van der Waals surface area (Å²) in [6.07, 6.45) is 3.67. The van der Waals surface area contributed by atoms with Crippen LogP contribution in [0.25, 0.3) is 88.9 Å². The number of hydrogen-bond donors (Lipinski definition) is 0. The topological polar surface area (TPSA) is 51.8 Å². The molecule has 4 heteroatoms. The van der Waals surface area contributed by atoms with E-state index in [1.54, 1.807) is 6.20 Å². The molecule has 0 unspecified atom stereocenters. The molecule has 0 fully saturated rings. The molecule has 0 atom stereocenters. The monoisotopic (exact) mass is 601 g/mol. The number of pyridine rings is 1. The molecule has 9 aromatic rings. The van der Waals surface area contributed by atoms with Crippen LogP contribution in [0, 0.1) is 0 Å². The number of aromatic nitrogens is 3. The Morgan fingerprint density at radius 1 is 0.404 bits per heavy atom. The first-order valence-corrected chi connectivity index (χ1v) is 15.7. The fraction of sp³-hybridized carbons (Fsp3) is 0. The molecule has 0 N–H and O–H groups in total. The van der Waals surface area contributed by atoms with E-state index >= 15 is 0 Å². The summed E-state index contributed by atoms with van der Waals surface area (Å²) in [5.74, 6) is 0.685. The Kier molecular flexibility index (Phi) is 6.43. The van der Waals surface area contributed by atoms with Gasteiger partial charge in [-0.2, -0.15) is 0 Å². The summed E-state index contributed by atoms with van der Waals surface area (Å²) in [5.41, 5.74) is 11.1. The van der Waals surface area contributed by atoms with Gasteiger partial charge in [0.25, 0.3) is 0 Å². The van der Waals surface area contributed by atoms with Gasteiger partial charge in [-0.15, -0.1) is 0 Å². The van der Waals surface area contributed by atoms with E-state index in [9.17, 15) is 0 Å². The third-order valence-electron chi connectivity index (χ3n) is 8.82. The molecule has 0 aliphatic carbocycles. The molecular formula is C43H27N3O.